The Morgan fingerprint density at radius 3 is 2.47 bits per heavy atom. The molecule has 32 heavy (non-hydrogen) atoms. The van der Waals surface area contributed by atoms with Gasteiger partial charge in [-0.15, -0.1) is 11.8 Å². The summed E-state index contributed by atoms with van der Waals surface area (Å²) in [7, 11) is 0. The second kappa shape index (κ2) is 12.3. The number of nitrogens with one attached hydrogen (secondary N) is 1. The maximum Gasteiger partial charge on any atom is 0.242 e. The fraction of sp³-hybridized carbons (Fsp3) is 0.462. The van der Waals surface area contributed by atoms with Crippen LogP contribution in [-0.4, -0.2) is 34.6 Å². The highest BCUT2D eigenvalue weighted by atomic mass is 35.5. The molecule has 172 valence electrons. The predicted molar refractivity (Wildman–Crippen MR) is 134 cm³/mol. The van der Waals surface area contributed by atoms with Gasteiger partial charge in [0.05, 0.1) is 5.75 Å². The molecule has 1 saturated carbocycles. The maximum atomic E-state index is 13.2. The number of hydrogen-bond donors (Lipinski definition) is 1. The first-order chi connectivity index (χ1) is 15.4. The fourth-order valence-electron chi connectivity index (χ4n) is 3.99. The number of halogens is 1. The summed E-state index contributed by atoms with van der Waals surface area (Å²) in [6, 6.07) is 15.5. The number of rotatable bonds is 9. The first-order valence-electron chi connectivity index (χ1n) is 11.4. The van der Waals surface area contributed by atoms with Gasteiger partial charge in [-0.05, 0) is 43.9 Å². The highest BCUT2D eigenvalue weighted by Crippen LogP contribution is 2.22. The first-order valence-corrected chi connectivity index (χ1v) is 12.9. The van der Waals surface area contributed by atoms with Crippen LogP contribution in [0.2, 0.25) is 5.02 Å². The second-order valence-corrected chi connectivity index (χ2v) is 10.0. The molecule has 1 N–H and O–H groups in total. The van der Waals surface area contributed by atoms with Gasteiger partial charge >= 0.3 is 0 Å². The molecular formula is C26H33ClN2O2S. The molecule has 2 aromatic carbocycles. The Balaban J connectivity index is 1.65. The van der Waals surface area contributed by atoms with E-state index in [1.54, 1.807) is 4.90 Å². The van der Waals surface area contributed by atoms with Crippen LogP contribution in [0.5, 0.6) is 0 Å². The monoisotopic (exact) mass is 472 g/mol. The third-order valence-corrected chi connectivity index (χ3v) is 7.37. The third-order valence-electron chi connectivity index (χ3n) is 6.03. The Labute approximate surface area is 201 Å². The van der Waals surface area contributed by atoms with Crippen LogP contribution < -0.4 is 5.32 Å². The van der Waals surface area contributed by atoms with E-state index < -0.39 is 6.04 Å². The van der Waals surface area contributed by atoms with Crippen LogP contribution in [0.4, 0.5) is 0 Å². The molecule has 0 aliphatic heterocycles. The topological polar surface area (TPSA) is 49.4 Å². The lowest BCUT2D eigenvalue weighted by atomic mass is 9.95. The Morgan fingerprint density at radius 2 is 1.78 bits per heavy atom. The normalized spacial score (nSPS) is 15.2. The van der Waals surface area contributed by atoms with E-state index in [-0.39, 0.29) is 17.9 Å². The molecule has 6 heteroatoms. The van der Waals surface area contributed by atoms with E-state index in [1.165, 1.54) is 23.7 Å². The van der Waals surface area contributed by atoms with Crippen molar-refractivity contribution in [3.63, 3.8) is 0 Å². The van der Waals surface area contributed by atoms with Gasteiger partial charge in [-0.2, -0.15) is 0 Å². The summed E-state index contributed by atoms with van der Waals surface area (Å²) in [6.45, 7) is 4.30. The molecule has 1 aliphatic carbocycles. The number of aryl methyl sites for hydroxylation is 1. The largest absolute Gasteiger partial charge is 0.352 e. The van der Waals surface area contributed by atoms with Gasteiger partial charge in [0.1, 0.15) is 6.04 Å². The zero-order valence-electron chi connectivity index (χ0n) is 19.0. The average Bonchev–Trinajstić information content (AvgIpc) is 2.80. The summed E-state index contributed by atoms with van der Waals surface area (Å²) >= 11 is 7.77. The van der Waals surface area contributed by atoms with Crippen molar-refractivity contribution in [2.75, 3.05) is 5.75 Å². The molecular weight excluding hydrogens is 440 g/mol. The zero-order chi connectivity index (χ0) is 22.9. The van der Waals surface area contributed by atoms with Crippen molar-refractivity contribution in [1.29, 1.82) is 0 Å². The van der Waals surface area contributed by atoms with E-state index in [4.69, 9.17) is 11.6 Å². The lowest BCUT2D eigenvalue weighted by Crippen LogP contribution is -2.50. The summed E-state index contributed by atoms with van der Waals surface area (Å²) in [5, 5.41) is 3.89. The molecule has 0 heterocycles. The lowest BCUT2D eigenvalue weighted by molar-refractivity contribution is -0.139. The van der Waals surface area contributed by atoms with Crippen molar-refractivity contribution in [1.82, 2.24) is 10.2 Å². The van der Waals surface area contributed by atoms with Crippen molar-refractivity contribution < 1.29 is 9.59 Å². The smallest absolute Gasteiger partial charge is 0.242 e. The third kappa shape index (κ3) is 7.28. The quantitative estimate of drug-likeness (QED) is 0.505. The Hall–Kier alpha value is -1.98. The number of hydrogen-bond acceptors (Lipinski definition) is 3. The van der Waals surface area contributed by atoms with E-state index >= 15 is 0 Å². The van der Waals surface area contributed by atoms with E-state index in [2.05, 4.69) is 5.32 Å². The Morgan fingerprint density at radius 1 is 1.09 bits per heavy atom. The number of nitrogens with zero attached hydrogens (tertiary/aromatic N) is 1. The number of carbonyl (C=O) groups is 2. The number of thioether (sulfide) groups is 1. The van der Waals surface area contributed by atoms with Gasteiger partial charge in [-0.25, -0.2) is 0 Å². The van der Waals surface area contributed by atoms with Gasteiger partial charge < -0.3 is 10.2 Å². The summed E-state index contributed by atoms with van der Waals surface area (Å²) in [6.07, 6.45) is 5.60. The van der Waals surface area contributed by atoms with Gasteiger partial charge in [0.25, 0.3) is 0 Å². The van der Waals surface area contributed by atoms with Crippen molar-refractivity contribution >= 4 is 35.2 Å². The van der Waals surface area contributed by atoms with Crippen molar-refractivity contribution in [3.05, 3.63) is 70.2 Å². The summed E-state index contributed by atoms with van der Waals surface area (Å²) in [5.41, 5.74) is 3.21. The van der Waals surface area contributed by atoms with Crippen LogP contribution in [0.15, 0.2) is 48.5 Å². The van der Waals surface area contributed by atoms with Crippen LogP contribution in [0.1, 0.15) is 55.7 Å². The second-order valence-electron chi connectivity index (χ2n) is 8.61. The highest BCUT2D eigenvalue weighted by molar-refractivity contribution is 7.99. The minimum atomic E-state index is -0.522. The van der Waals surface area contributed by atoms with Gasteiger partial charge in [0.2, 0.25) is 11.8 Å². The molecule has 0 aromatic heterocycles. The maximum absolute atomic E-state index is 13.2. The molecule has 0 bridgehead atoms. The predicted octanol–water partition coefficient (Wildman–Crippen LogP) is 5.75. The van der Waals surface area contributed by atoms with Crippen molar-refractivity contribution in [3.8, 4) is 0 Å². The number of carbonyl (C=O) groups excluding carboxylic acids is 2. The van der Waals surface area contributed by atoms with E-state index in [1.807, 2.05) is 62.4 Å². The summed E-state index contributed by atoms with van der Waals surface area (Å²) < 4.78 is 0. The van der Waals surface area contributed by atoms with Crippen LogP contribution >= 0.6 is 23.4 Å². The lowest BCUT2D eigenvalue weighted by Gasteiger charge is -2.31. The Bertz CT molecular complexity index is 897. The molecule has 1 atom stereocenters. The summed E-state index contributed by atoms with van der Waals surface area (Å²) in [4.78, 5) is 27.9. The molecule has 2 amide bonds. The van der Waals surface area contributed by atoms with Gasteiger partial charge in [0, 0.05) is 23.4 Å². The number of benzene rings is 2. The fourth-order valence-corrected chi connectivity index (χ4v) is 5.18. The van der Waals surface area contributed by atoms with Crippen LogP contribution in [0.3, 0.4) is 0 Å². The van der Waals surface area contributed by atoms with E-state index in [0.29, 0.717) is 23.1 Å². The minimum absolute atomic E-state index is 0.0334. The van der Waals surface area contributed by atoms with Crippen LogP contribution in [0.25, 0.3) is 0 Å². The molecule has 0 unspecified atom stereocenters. The molecule has 0 radical (unpaired) electrons. The molecule has 0 saturated heterocycles. The van der Waals surface area contributed by atoms with Gasteiger partial charge in [0.15, 0.2) is 0 Å². The zero-order valence-corrected chi connectivity index (χ0v) is 20.6. The van der Waals surface area contributed by atoms with Crippen LogP contribution in [-0.2, 0) is 21.9 Å². The van der Waals surface area contributed by atoms with Gasteiger partial charge in [-0.3, -0.25) is 9.59 Å². The van der Waals surface area contributed by atoms with E-state index in [9.17, 15) is 9.59 Å². The van der Waals surface area contributed by atoms with Crippen molar-refractivity contribution in [2.24, 2.45) is 0 Å². The first kappa shape index (κ1) is 24.7. The number of amides is 2. The Kier molecular flexibility index (Phi) is 9.49. The highest BCUT2D eigenvalue weighted by Gasteiger charge is 2.28. The molecule has 1 aliphatic rings. The molecule has 3 rings (SSSR count). The molecule has 0 spiro atoms. The standard InChI is InChI=1S/C26H33ClN2O2S/c1-19-12-14-21(15-13-19)16-29(20(2)26(31)28-23-9-4-3-5-10-23)25(30)18-32-17-22-8-6-7-11-24(22)27/h6-8,11-15,20,23H,3-5,9-10,16-18H2,1-2H3,(H,28,31)/t20-/m0/s1. The van der Waals surface area contributed by atoms with Crippen LogP contribution in [0, 0.1) is 6.92 Å². The SMILES string of the molecule is Cc1ccc(CN(C(=O)CSCc2ccccc2Cl)[C@@H](C)C(=O)NC2CCCCC2)cc1. The average molecular weight is 473 g/mol. The van der Waals surface area contributed by atoms with Gasteiger partial charge in [-0.1, -0.05) is 78.9 Å². The van der Waals surface area contributed by atoms with Crippen molar-refractivity contribution in [2.45, 2.75) is 70.3 Å². The minimum Gasteiger partial charge on any atom is -0.352 e. The van der Waals surface area contributed by atoms with E-state index in [0.717, 1.165) is 36.8 Å². The molecule has 4 nitrogen and oxygen atoms in total. The molecule has 1 fully saturated rings. The summed E-state index contributed by atoms with van der Waals surface area (Å²) in [5.74, 6) is 0.868. The molecule has 2 aromatic rings.